The maximum Gasteiger partial charge on any atom is 0.121 e. The molecule has 0 fully saturated rings. The van der Waals surface area contributed by atoms with Gasteiger partial charge in [-0.05, 0) is 12.2 Å². The molecule has 0 aliphatic heterocycles. The molecule has 49 valence electrons. The highest BCUT2D eigenvalue weighted by Crippen LogP contribution is 2.23. The normalized spacial score (nSPS) is 27.2. The summed E-state index contributed by atoms with van der Waals surface area (Å²) in [5.74, 6) is -0.373. The van der Waals surface area contributed by atoms with Crippen molar-refractivity contribution in [1.29, 1.82) is 0 Å². The van der Waals surface area contributed by atoms with E-state index in [1.807, 2.05) is 0 Å². The van der Waals surface area contributed by atoms with Crippen LogP contribution in [0.15, 0.2) is 23.0 Å². The summed E-state index contributed by atoms with van der Waals surface area (Å²) in [7, 11) is 0. The molecule has 0 heterocycles. The Morgan fingerprint density at radius 3 is 2.67 bits per heavy atom. The number of rotatable bonds is 0. The molecule has 0 saturated heterocycles. The maximum atomic E-state index is 12.3. The molecule has 0 saturated carbocycles. The lowest BCUT2D eigenvalue weighted by Crippen LogP contribution is -1.99. The van der Waals surface area contributed by atoms with Gasteiger partial charge in [0.1, 0.15) is 5.83 Å². The molecular formula is C6H4Cl2F. The standard InChI is InChI=1S/C6H4Cl2F/c7-4-1-5(8)3-6(9)2-4/h1-4H. The summed E-state index contributed by atoms with van der Waals surface area (Å²) in [6.07, 6.45) is 4.07. The minimum absolute atomic E-state index is 0.356. The minimum atomic E-state index is -0.400. The second-order valence-electron chi connectivity index (χ2n) is 1.69. The molecule has 3 heteroatoms. The van der Waals surface area contributed by atoms with Gasteiger partial charge in [-0.3, -0.25) is 0 Å². The predicted octanol–water partition coefficient (Wildman–Crippen LogP) is 2.79. The van der Waals surface area contributed by atoms with Gasteiger partial charge in [0.15, 0.2) is 0 Å². The predicted molar refractivity (Wildman–Crippen MR) is 37.1 cm³/mol. The van der Waals surface area contributed by atoms with Gasteiger partial charge in [-0.15, -0.1) is 11.6 Å². The van der Waals surface area contributed by atoms with Crippen LogP contribution in [-0.4, -0.2) is 5.38 Å². The summed E-state index contributed by atoms with van der Waals surface area (Å²) >= 11 is 11.0. The molecule has 0 nitrogen and oxygen atoms in total. The first-order valence-electron chi connectivity index (χ1n) is 2.42. The Balaban J connectivity index is 2.74. The summed E-state index contributed by atoms with van der Waals surface area (Å²) in [6.45, 7) is 0. The van der Waals surface area contributed by atoms with E-state index in [1.165, 1.54) is 12.2 Å². The first kappa shape index (κ1) is 7.10. The average Bonchev–Trinajstić information content (AvgIpc) is 1.59. The molecule has 0 aromatic rings. The number of alkyl halides is 1. The van der Waals surface area contributed by atoms with E-state index < -0.39 is 5.38 Å². The van der Waals surface area contributed by atoms with Gasteiger partial charge in [-0.2, -0.15) is 0 Å². The molecule has 1 rings (SSSR count). The van der Waals surface area contributed by atoms with Crippen molar-refractivity contribution in [2.45, 2.75) is 5.38 Å². The number of allylic oxidation sites excluding steroid dienone is 4. The van der Waals surface area contributed by atoms with Crippen molar-refractivity contribution in [2.24, 2.45) is 0 Å². The van der Waals surface area contributed by atoms with Crippen molar-refractivity contribution in [3.05, 3.63) is 29.4 Å². The van der Waals surface area contributed by atoms with E-state index >= 15 is 0 Å². The highest BCUT2D eigenvalue weighted by Gasteiger charge is 2.10. The van der Waals surface area contributed by atoms with Crippen LogP contribution in [0, 0.1) is 6.42 Å². The van der Waals surface area contributed by atoms with E-state index in [0.717, 1.165) is 0 Å². The number of halogens is 3. The molecule has 0 amide bonds. The van der Waals surface area contributed by atoms with E-state index in [0.29, 0.717) is 5.03 Å². The Morgan fingerprint density at radius 1 is 1.56 bits per heavy atom. The largest absolute Gasteiger partial charge is 0.207 e. The van der Waals surface area contributed by atoms with Crippen LogP contribution in [0.25, 0.3) is 0 Å². The molecule has 9 heavy (non-hydrogen) atoms. The molecule has 0 aromatic carbocycles. The van der Waals surface area contributed by atoms with Gasteiger partial charge in [0, 0.05) is 11.5 Å². The molecule has 1 aliphatic rings. The van der Waals surface area contributed by atoms with E-state index in [4.69, 9.17) is 23.2 Å². The van der Waals surface area contributed by atoms with E-state index in [1.54, 1.807) is 6.42 Å². The van der Waals surface area contributed by atoms with E-state index in [9.17, 15) is 4.39 Å². The van der Waals surface area contributed by atoms with Crippen LogP contribution >= 0.6 is 23.2 Å². The summed E-state index contributed by atoms with van der Waals surface area (Å²) in [5, 5.41) is -0.0440. The maximum absolute atomic E-state index is 12.3. The fourth-order valence-corrected chi connectivity index (χ4v) is 1.14. The topological polar surface area (TPSA) is 0 Å². The molecule has 0 spiro atoms. The zero-order valence-electron chi connectivity index (χ0n) is 4.44. The van der Waals surface area contributed by atoms with Gasteiger partial charge in [0.2, 0.25) is 0 Å². The SMILES string of the molecule is FC1=CC(Cl)[CH]C(Cl)=C1. The second kappa shape index (κ2) is 2.72. The highest BCUT2D eigenvalue weighted by molar-refractivity contribution is 6.33. The fourth-order valence-electron chi connectivity index (χ4n) is 0.580. The number of hydrogen-bond donors (Lipinski definition) is 0. The van der Waals surface area contributed by atoms with Crippen molar-refractivity contribution < 1.29 is 4.39 Å². The Labute approximate surface area is 63.0 Å². The van der Waals surface area contributed by atoms with Crippen LogP contribution in [0.1, 0.15) is 0 Å². The van der Waals surface area contributed by atoms with Gasteiger partial charge in [-0.25, -0.2) is 4.39 Å². The Kier molecular flexibility index (Phi) is 2.14. The first-order valence-corrected chi connectivity index (χ1v) is 3.23. The van der Waals surface area contributed by atoms with Crippen LogP contribution in [0.2, 0.25) is 0 Å². The van der Waals surface area contributed by atoms with Gasteiger partial charge < -0.3 is 0 Å². The van der Waals surface area contributed by atoms with Crippen LogP contribution in [-0.2, 0) is 0 Å². The smallest absolute Gasteiger partial charge is 0.121 e. The van der Waals surface area contributed by atoms with E-state index in [2.05, 4.69) is 0 Å². The molecule has 1 radical (unpaired) electrons. The van der Waals surface area contributed by atoms with Crippen molar-refractivity contribution >= 4 is 23.2 Å². The molecule has 0 bridgehead atoms. The molecular weight excluding hydrogens is 162 g/mol. The van der Waals surface area contributed by atoms with E-state index in [-0.39, 0.29) is 5.83 Å². The zero-order valence-corrected chi connectivity index (χ0v) is 5.96. The summed E-state index contributed by atoms with van der Waals surface area (Å²) < 4.78 is 12.3. The lowest BCUT2D eigenvalue weighted by molar-refractivity contribution is 0.658. The second-order valence-corrected chi connectivity index (χ2v) is 2.63. The van der Waals surface area contributed by atoms with Crippen molar-refractivity contribution in [3.63, 3.8) is 0 Å². The van der Waals surface area contributed by atoms with Crippen LogP contribution in [0.4, 0.5) is 4.39 Å². The lowest BCUT2D eigenvalue weighted by atomic mass is 10.2. The zero-order chi connectivity index (χ0) is 6.85. The Bertz CT molecular complexity index is 172. The van der Waals surface area contributed by atoms with Crippen molar-refractivity contribution in [1.82, 2.24) is 0 Å². The molecule has 1 unspecified atom stereocenters. The first-order chi connectivity index (χ1) is 4.18. The Hall–Kier alpha value is -0.0100. The summed E-state index contributed by atoms with van der Waals surface area (Å²) in [6, 6.07) is 0. The van der Waals surface area contributed by atoms with Crippen LogP contribution in [0.3, 0.4) is 0 Å². The molecule has 1 atom stereocenters. The van der Waals surface area contributed by atoms with Gasteiger partial charge in [0.25, 0.3) is 0 Å². The van der Waals surface area contributed by atoms with Gasteiger partial charge in [-0.1, -0.05) is 11.6 Å². The highest BCUT2D eigenvalue weighted by atomic mass is 35.5. The average molecular weight is 166 g/mol. The Morgan fingerprint density at radius 2 is 2.22 bits per heavy atom. The van der Waals surface area contributed by atoms with Crippen LogP contribution < -0.4 is 0 Å². The lowest BCUT2D eigenvalue weighted by Gasteiger charge is -2.06. The molecule has 0 aromatic heterocycles. The monoisotopic (exact) mass is 165 g/mol. The third-order valence-corrected chi connectivity index (χ3v) is 1.40. The third kappa shape index (κ3) is 1.99. The molecule has 0 N–H and O–H groups in total. The quantitative estimate of drug-likeness (QED) is 0.485. The minimum Gasteiger partial charge on any atom is -0.207 e. The summed E-state index contributed by atoms with van der Waals surface area (Å²) in [4.78, 5) is 0. The molecule has 1 aliphatic carbocycles. The van der Waals surface area contributed by atoms with Gasteiger partial charge in [0.05, 0.1) is 5.38 Å². The van der Waals surface area contributed by atoms with Gasteiger partial charge >= 0.3 is 0 Å². The van der Waals surface area contributed by atoms with Crippen molar-refractivity contribution in [3.8, 4) is 0 Å². The van der Waals surface area contributed by atoms with Crippen molar-refractivity contribution in [2.75, 3.05) is 0 Å². The fraction of sp³-hybridized carbons (Fsp3) is 0.167. The van der Waals surface area contributed by atoms with Crippen LogP contribution in [0.5, 0.6) is 0 Å². The summed E-state index contributed by atoms with van der Waals surface area (Å²) in [5.41, 5.74) is 0. The third-order valence-electron chi connectivity index (χ3n) is 0.913. The number of hydrogen-bond acceptors (Lipinski definition) is 0.